The lowest BCUT2D eigenvalue weighted by molar-refractivity contribution is 0.0521. The van der Waals surface area contributed by atoms with Crippen molar-refractivity contribution in [1.29, 1.82) is 0 Å². The predicted octanol–water partition coefficient (Wildman–Crippen LogP) is 3.05. The number of carbonyl (C=O) groups is 2. The summed E-state index contributed by atoms with van der Waals surface area (Å²) in [5.41, 5.74) is 1.94. The molecule has 9 nitrogen and oxygen atoms in total. The number of aryl methyl sites for hydroxylation is 1. The first-order chi connectivity index (χ1) is 17.5. The van der Waals surface area contributed by atoms with Crippen LogP contribution in [0.4, 0.5) is 0 Å². The summed E-state index contributed by atoms with van der Waals surface area (Å²) in [7, 11) is 0. The molecule has 3 aromatic heterocycles. The van der Waals surface area contributed by atoms with Gasteiger partial charge in [-0.1, -0.05) is 23.8 Å². The molecule has 184 valence electrons. The highest BCUT2D eigenvalue weighted by atomic mass is 16.5. The summed E-state index contributed by atoms with van der Waals surface area (Å²) in [5, 5.41) is 0.224. The van der Waals surface area contributed by atoms with Crippen molar-refractivity contribution in [2.45, 2.75) is 39.3 Å². The third kappa shape index (κ3) is 4.45. The van der Waals surface area contributed by atoms with Crippen molar-refractivity contribution in [2.24, 2.45) is 4.99 Å². The molecule has 5 rings (SSSR count). The van der Waals surface area contributed by atoms with Gasteiger partial charge in [-0.15, -0.1) is 0 Å². The number of pyridine rings is 2. The van der Waals surface area contributed by atoms with Crippen LogP contribution in [-0.4, -0.2) is 45.1 Å². The number of carbonyl (C=O) groups excluding carboxylic acids is 2. The smallest absolute Gasteiger partial charge is 0.341 e. The maximum atomic E-state index is 13.4. The van der Waals surface area contributed by atoms with Crippen LogP contribution >= 0.6 is 0 Å². The molecule has 0 radical (unpaired) electrons. The number of amides is 1. The van der Waals surface area contributed by atoms with Crippen LogP contribution in [0.3, 0.4) is 0 Å². The number of hydrogen-bond acceptors (Lipinski definition) is 6. The van der Waals surface area contributed by atoms with Gasteiger partial charge in [0.25, 0.3) is 11.5 Å². The molecule has 0 saturated carbocycles. The largest absolute Gasteiger partial charge is 0.462 e. The second-order valence-corrected chi connectivity index (χ2v) is 8.71. The Kier molecular flexibility index (Phi) is 6.47. The highest BCUT2D eigenvalue weighted by Gasteiger charge is 2.24. The van der Waals surface area contributed by atoms with E-state index in [0.717, 1.165) is 18.4 Å². The molecule has 1 aromatic carbocycles. The predicted molar refractivity (Wildman–Crippen MR) is 133 cm³/mol. The number of aromatic nitrogens is 3. The van der Waals surface area contributed by atoms with E-state index < -0.39 is 11.9 Å². The van der Waals surface area contributed by atoms with Crippen LogP contribution < -0.4 is 11.0 Å². The Balaban J connectivity index is 1.85. The lowest BCUT2D eigenvalue weighted by atomic mass is 10.1. The molecule has 1 amide bonds. The third-order valence-electron chi connectivity index (χ3n) is 6.20. The van der Waals surface area contributed by atoms with Crippen LogP contribution in [0.15, 0.2) is 64.5 Å². The zero-order valence-corrected chi connectivity index (χ0v) is 20.1. The van der Waals surface area contributed by atoms with Gasteiger partial charge in [0, 0.05) is 18.4 Å². The molecule has 0 unspecified atom stereocenters. The summed E-state index contributed by atoms with van der Waals surface area (Å²) in [6.45, 7) is 4.64. The molecule has 4 heterocycles. The number of benzene rings is 1. The quantitative estimate of drug-likeness (QED) is 0.317. The van der Waals surface area contributed by atoms with Gasteiger partial charge in [0.1, 0.15) is 16.9 Å². The van der Waals surface area contributed by atoms with Gasteiger partial charge in [-0.3, -0.25) is 14.0 Å². The van der Waals surface area contributed by atoms with Crippen molar-refractivity contribution in [2.75, 3.05) is 13.2 Å². The van der Waals surface area contributed by atoms with Gasteiger partial charge in [0.2, 0.25) is 0 Å². The first kappa shape index (κ1) is 23.6. The standard InChI is InChI=1S/C27H26N4O5/c1-3-35-27(34)21-15-20-23(28-22-8-4-5-13-30(22)26(20)33)31(16-19-7-6-14-36-19)24(21)29-25(32)18-11-9-17(2)10-12-18/h4-5,8-13,15,19H,3,6-7,14,16H2,1-2H3/t19-/m0/s1. The number of esters is 1. The Morgan fingerprint density at radius 1 is 1.19 bits per heavy atom. The van der Waals surface area contributed by atoms with Gasteiger partial charge >= 0.3 is 5.97 Å². The summed E-state index contributed by atoms with van der Waals surface area (Å²) in [4.78, 5) is 48.8. The molecule has 9 heteroatoms. The zero-order valence-electron chi connectivity index (χ0n) is 20.1. The minimum absolute atomic E-state index is 0.0255. The van der Waals surface area contributed by atoms with E-state index in [4.69, 9.17) is 14.5 Å². The van der Waals surface area contributed by atoms with Crippen LogP contribution in [0, 0.1) is 6.92 Å². The van der Waals surface area contributed by atoms with Gasteiger partial charge < -0.3 is 14.0 Å². The lowest BCUT2D eigenvalue weighted by Crippen LogP contribution is -2.35. The van der Waals surface area contributed by atoms with E-state index in [1.165, 1.54) is 10.5 Å². The Labute approximate surface area is 206 Å². The Hall–Kier alpha value is -4.11. The highest BCUT2D eigenvalue weighted by Crippen LogP contribution is 2.17. The lowest BCUT2D eigenvalue weighted by Gasteiger charge is -2.18. The highest BCUT2D eigenvalue weighted by molar-refractivity contribution is 5.97. The minimum Gasteiger partial charge on any atom is -0.462 e. The number of hydrogen-bond donors (Lipinski definition) is 0. The molecular formula is C27H26N4O5. The van der Waals surface area contributed by atoms with E-state index in [-0.39, 0.29) is 41.3 Å². The first-order valence-electron chi connectivity index (χ1n) is 12.0. The molecule has 1 aliphatic heterocycles. The molecule has 1 aliphatic rings. The van der Waals surface area contributed by atoms with Crippen LogP contribution in [0.5, 0.6) is 0 Å². The fraction of sp³-hybridized carbons (Fsp3) is 0.296. The maximum Gasteiger partial charge on any atom is 0.341 e. The molecule has 0 N–H and O–H groups in total. The second-order valence-electron chi connectivity index (χ2n) is 8.71. The number of nitrogens with zero attached hydrogens (tertiary/aromatic N) is 4. The molecule has 1 atom stereocenters. The summed E-state index contributed by atoms with van der Waals surface area (Å²) >= 11 is 0. The summed E-state index contributed by atoms with van der Waals surface area (Å²) < 4.78 is 14.2. The van der Waals surface area contributed by atoms with Gasteiger partial charge in [-0.2, -0.15) is 4.99 Å². The van der Waals surface area contributed by atoms with E-state index in [2.05, 4.69) is 4.99 Å². The molecule has 0 spiro atoms. The van der Waals surface area contributed by atoms with Crippen LogP contribution in [0.2, 0.25) is 0 Å². The average molecular weight is 487 g/mol. The monoisotopic (exact) mass is 486 g/mol. The molecule has 0 bridgehead atoms. The summed E-state index contributed by atoms with van der Waals surface area (Å²) in [6, 6.07) is 13.7. The third-order valence-corrected chi connectivity index (χ3v) is 6.20. The maximum absolute atomic E-state index is 13.4. The SMILES string of the molecule is CCOC(=O)c1cc2c(=O)n3ccccc3nc2n(C[C@@H]2CCCO2)c1=NC(=O)c1ccc(C)cc1. The van der Waals surface area contributed by atoms with Gasteiger partial charge in [0.05, 0.1) is 24.6 Å². The van der Waals surface area contributed by atoms with Gasteiger partial charge in [0.15, 0.2) is 5.49 Å². The van der Waals surface area contributed by atoms with Gasteiger partial charge in [-0.05, 0) is 57.0 Å². The van der Waals surface area contributed by atoms with Crippen LogP contribution in [-0.2, 0) is 16.0 Å². The summed E-state index contributed by atoms with van der Waals surface area (Å²) in [5.74, 6) is -1.19. The number of rotatable bonds is 5. The molecule has 1 saturated heterocycles. The van der Waals surface area contributed by atoms with Crippen molar-refractivity contribution in [3.63, 3.8) is 0 Å². The van der Waals surface area contributed by atoms with Crippen LogP contribution in [0.1, 0.15) is 46.0 Å². The second kappa shape index (κ2) is 9.87. The van der Waals surface area contributed by atoms with E-state index in [1.807, 2.05) is 19.1 Å². The fourth-order valence-electron chi connectivity index (χ4n) is 4.38. The van der Waals surface area contributed by atoms with E-state index >= 15 is 0 Å². The van der Waals surface area contributed by atoms with Crippen molar-refractivity contribution < 1.29 is 19.1 Å². The van der Waals surface area contributed by atoms with E-state index in [9.17, 15) is 14.4 Å². The molecule has 4 aromatic rings. The normalized spacial score (nSPS) is 16.1. The van der Waals surface area contributed by atoms with Crippen molar-refractivity contribution in [3.8, 4) is 0 Å². The minimum atomic E-state index is -0.673. The van der Waals surface area contributed by atoms with E-state index in [1.54, 1.807) is 48.0 Å². The molecule has 36 heavy (non-hydrogen) atoms. The average Bonchev–Trinajstić information content (AvgIpc) is 3.39. The zero-order chi connectivity index (χ0) is 25.2. The van der Waals surface area contributed by atoms with Crippen molar-refractivity contribution in [1.82, 2.24) is 14.0 Å². The first-order valence-corrected chi connectivity index (χ1v) is 12.0. The molecular weight excluding hydrogens is 460 g/mol. The Morgan fingerprint density at radius 2 is 2.00 bits per heavy atom. The van der Waals surface area contributed by atoms with Crippen molar-refractivity contribution >= 4 is 28.6 Å². The molecule has 0 aliphatic carbocycles. The van der Waals surface area contributed by atoms with Gasteiger partial charge in [-0.25, -0.2) is 9.78 Å². The summed E-state index contributed by atoms with van der Waals surface area (Å²) in [6.07, 6.45) is 3.15. The Bertz CT molecular complexity index is 1600. The number of fused-ring (bicyclic) bond motifs is 2. The number of ether oxygens (including phenoxy) is 2. The Morgan fingerprint density at radius 3 is 2.72 bits per heavy atom. The fourth-order valence-corrected chi connectivity index (χ4v) is 4.38. The van der Waals surface area contributed by atoms with Crippen LogP contribution in [0.25, 0.3) is 16.7 Å². The van der Waals surface area contributed by atoms with Crippen molar-refractivity contribution in [3.05, 3.63) is 87.3 Å². The molecule has 1 fully saturated rings. The topological polar surface area (TPSA) is 104 Å². The van der Waals surface area contributed by atoms with E-state index in [0.29, 0.717) is 23.5 Å².